The summed E-state index contributed by atoms with van der Waals surface area (Å²) in [6, 6.07) is 6.69. The van der Waals surface area contributed by atoms with Crippen LogP contribution in [0.5, 0.6) is 5.75 Å². The molecule has 0 spiro atoms. The zero-order valence-corrected chi connectivity index (χ0v) is 14.3. The SMILES string of the molecule is COCCCCOc1ccc2c(c1)c(C[C@H](C)N)c1n2CCC1. The number of benzene rings is 1. The first-order valence-electron chi connectivity index (χ1n) is 8.72. The van der Waals surface area contributed by atoms with Gasteiger partial charge in [0.1, 0.15) is 5.75 Å². The molecule has 0 bridgehead atoms. The van der Waals surface area contributed by atoms with Gasteiger partial charge in [-0.2, -0.15) is 0 Å². The van der Waals surface area contributed by atoms with Gasteiger partial charge < -0.3 is 19.8 Å². The number of fused-ring (bicyclic) bond motifs is 3. The van der Waals surface area contributed by atoms with Crippen molar-refractivity contribution in [2.75, 3.05) is 20.3 Å². The highest BCUT2D eigenvalue weighted by molar-refractivity contribution is 5.87. The molecule has 0 saturated heterocycles. The van der Waals surface area contributed by atoms with E-state index in [0.717, 1.165) is 44.8 Å². The number of nitrogens with two attached hydrogens (primary N) is 1. The summed E-state index contributed by atoms with van der Waals surface area (Å²) in [5, 5.41) is 1.33. The number of methoxy groups -OCH3 is 1. The number of unbranched alkanes of at least 4 members (excludes halogenated alkanes) is 1. The quantitative estimate of drug-likeness (QED) is 0.760. The van der Waals surface area contributed by atoms with Crippen LogP contribution in [0.4, 0.5) is 0 Å². The van der Waals surface area contributed by atoms with Gasteiger partial charge in [-0.15, -0.1) is 0 Å². The van der Waals surface area contributed by atoms with E-state index < -0.39 is 0 Å². The number of hydrogen-bond acceptors (Lipinski definition) is 3. The molecule has 2 heterocycles. The van der Waals surface area contributed by atoms with Gasteiger partial charge in [0.15, 0.2) is 0 Å². The molecule has 1 aromatic carbocycles. The van der Waals surface area contributed by atoms with Gasteiger partial charge >= 0.3 is 0 Å². The fraction of sp³-hybridized carbons (Fsp3) is 0.579. The van der Waals surface area contributed by atoms with E-state index in [0.29, 0.717) is 0 Å². The summed E-state index contributed by atoms with van der Waals surface area (Å²) >= 11 is 0. The van der Waals surface area contributed by atoms with Crippen LogP contribution in [0.3, 0.4) is 0 Å². The van der Waals surface area contributed by atoms with Crippen LogP contribution in [-0.4, -0.2) is 30.9 Å². The third-order valence-corrected chi connectivity index (χ3v) is 4.59. The molecule has 126 valence electrons. The van der Waals surface area contributed by atoms with Crippen molar-refractivity contribution < 1.29 is 9.47 Å². The largest absolute Gasteiger partial charge is 0.494 e. The average Bonchev–Trinajstić information content (AvgIpc) is 3.10. The predicted octanol–water partition coefficient (Wildman–Crippen LogP) is 3.28. The Morgan fingerprint density at radius 3 is 2.87 bits per heavy atom. The Balaban J connectivity index is 1.81. The summed E-state index contributed by atoms with van der Waals surface area (Å²) in [6.07, 6.45) is 5.41. The summed E-state index contributed by atoms with van der Waals surface area (Å²) < 4.78 is 13.5. The minimum absolute atomic E-state index is 0.185. The predicted molar refractivity (Wildman–Crippen MR) is 94.2 cm³/mol. The van der Waals surface area contributed by atoms with Crippen LogP contribution in [0.25, 0.3) is 10.9 Å². The second-order valence-electron chi connectivity index (χ2n) is 6.59. The topological polar surface area (TPSA) is 49.4 Å². The molecule has 1 aliphatic rings. The Kier molecular flexibility index (Phi) is 5.23. The second kappa shape index (κ2) is 7.37. The molecule has 0 radical (unpaired) electrons. The van der Waals surface area contributed by atoms with Crippen LogP contribution < -0.4 is 10.5 Å². The van der Waals surface area contributed by atoms with Gasteiger partial charge in [-0.3, -0.25) is 0 Å². The van der Waals surface area contributed by atoms with E-state index in [2.05, 4.69) is 29.7 Å². The van der Waals surface area contributed by atoms with E-state index in [1.807, 2.05) is 0 Å². The van der Waals surface area contributed by atoms with E-state index in [9.17, 15) is 0 Å². The highest BCUT2D eigenvalue weighted by Gasteiger charge is 2.21. The fourth-order valence-corrected chi connectivity index (χ4v) is 3.58. The zero-order valence-electron chi connectivity index (χ0n) is 14.3. The van der Waals surface area contributed by atoms with E-state index in [-0.39, 0.29) is 6.04 Å². The van der Waals surface area contributed by atoms with Gasteiger partial charge in [0.25, 0.3) is 0 Å². The molecule has 1 aromatic heterocycles. The maximum Gasteiger partial charge on any atom is 0.120 e. The molecule has 4 nitrogen and oxygen atoms in total. The van der Waals surface area contributed by atoms with Crippen LogP contribution in [0, 0.1) is 0 Å². The van der Waals surface area contributed by atoms with Crippen molar-refractivity contribution in [1.82, 2.24) is 4.57 Å². The number of nitrogens with zero attached hydrogens (tertiary/aromatic N) is 1. The molecule has 23 heavy (non-hydrogen) atoms. The third-order valence-electron chi connectivity index (χ3n) is 4.59. The number of ether oxygens (including phenoxy) is 2. The van der Waals surface area contributed by atoms with Crippen molar-refractivity contribution in [1.29, 1.82) is 0 Å². The lowest BCUT2D eigenvalue weighted by atomic mass is 10.0. The Hall–Kier alpha value is -1.52. The molecule has 2 aromatic rings. The third kappa shape index (κ3) is 3.54. The Labute approximate surface area is 138 Å². The molecule has 0 aliphatic carbocycles. The van der Waals surface area contributed by atoms with Gasteiger partial charge in [-0.05, 0) is 62.8 Å². The van der Waals surface area contributed by atoms with E-state index >= 15 is 0 Å². The Morgan fingerprint density at radius 2 is 2.09 bits per heavy atom. The molecule has 0 unspecified atom stereocenters. The van der Waals surface area contributed by atoms with Crippen LogP contribution in [0.15, 0.2) is 18.2 Å². The van der Waals surface area contributed by atoms with Gasteiger partial charge in [-0.1, -0.05) is 0 Å². The van der Waals surface area contributed by atoms with E-state index in [1.54, 1.807) is 7.11 Å². The van der Waals surface area contributed by atoms with Crippen molar-refractivity contribution in [2.45, 2.75) is 51.6 Å². The highest BCUT2D eigenvalue weighted by Crippen LogP contribution is 2.34. The van der Waals surface area contributed by atoms with Crippen LogP contribution >= 0.6 is 0 Å². The number of rotatable bonds is 8. The molecular weight excluding hydrogens is 288 g/mol. The van der Waals surface area contributed by atoms with Crippen LogP contribution in [0.2, 0.25) is 0 Å². The van der Waals surface area contributed by atoms with Crippen molar-refractivity contribution in [3.05, 3.63) is 29.5 Å². The van der Waals surface area contributed by atoms with Gasteiger partial charge in [0.2, 0.25) is 0 Å². The lowest BCUT2D eigenvalue weighted by Gasteiger charge is -2.09. The maximum absolute atomic E-state index is 6.08. The van der Waals surface area contributed by atoms with Crippen molar-refractivity contribution in [2.24, 2.45) is 5.73 Å². The minimum Gasteiger partial charge on any atom is -0.494 e. The lowest BCUT2D eigenvalue weighted by molar-refractivity contribution is 0.184. The normalized spacial score (nSPS) is 15.1. The first kappa shape index (κ1) is 16.3. The Bertz CT molecular complexity index is 661. The lowest BCUT2D eigenvalue weighted by Crippen LogP contribution is -2.18. The number of hydrogen-bond donors (Lipinski definition) is 1. The van der Waals surface area contributed by atoms with Crippen molar-refractivity contribution in [3.63, 3.8) is 0 Å². The summed E-state index contributed by atoms with van der Waals surface area (Å²) in [6.45, 7) is 4.75. The van der Waals surface area contributed by atoms with Gasteiger partial charge in [0, 0.05) is 42.9 Å². The Morgan fingerprint density at radius 1 is 1.26 bits per heavy atom. The van der Waals surface area contributed by atoms with Crippen LogP contribution in [0.1, 0.15) is 37.4 Å². The van der Waals surface area contributed by atoms with Crippen LogP contribution in [-0.2, 0) is 24.1 Å². The smallest absolute Gasteiger partial charge is 0.120 e. The monoisotopic (exact) mass is 316 g/mol. The molecule has 0 fully saturated rings. The summed E-state index contributed by atoms with van der Waals surface area (Å²) in [5.41, 5.74) is 10.3. The van der Waals surface area contributed by atoms with Gasteiger partial charge in [0.05, 0.1) is 6.61 Å². The first-order valence-corrected chi connectivity index (χ1v) is 8.72. The molecule has 3 rings (SSSR count). The molecule has 0 saturated carbocycles. The van der Waals surface area contributed by atoms with E-state index in [4.69, 9.17) is 15.2 Å². The molecule has 2 N–H and O–H groups in total. The summed E-state index contributed by atoms with van der Waals surface area (Å²) in [5.74, 6) is 0.963. The minimum atomic E-state index is 0.185. The first-order chi connectivity index (χ1) is 11.2. The summed E-state index contributed by atoms with van der Waals surface area (Å²) in [4.78, 5) is 0. The summed E-state index contributed by atoms with van der Waals surface area (Å²) in [7, 11) is 1.74. The molecule has 1 atom stereocenters. The maximum atomic E-state index is 6.08. The number of aromatic nitrogens is 1. The van der Waals surface area contributed by atoms with Gasteiger partial charge in [-0.25, -0.2) is 0 Å². The molecule has 0 amide bonds. The second-order valence-corrected chi connectivity index (χ2v) is 6.59. The van der Waals surface area contributed by atoms with Crippen molar-refractivity contribution >= 4 is 10.9 Å². The molecular formula is C19H28N2O2. The average molecular weight is 316 g/mol. The van der Waals surface area contributed by atoms with Crippen molar-refractivity contribution in [3.8, 4) is 5.75 Å². The van der Waals surface area contributed by atoms with E-state index in [1.165, 1.54) is 35.0 Å². The number of aryl methyl sites for hydroxylation is 1. The molecule has 1 aliphatic heterocycles. The molecule has 4 heteroatoms. The fourth-order valence-electron chi connectivity index (χ4n) is 3.58. The standard InChI is InChI=1S/C19H28N2O2/c1-14(20)12-16-17-13-15(23-11-4-3-10-22-2)7-8-19(17)21-9-5-6-18(16)21/h7-8,13-14H,3-6,9-12,20H2,1-2H3/t14-/m0/s1. The zero-order chi connectivity index (χ0) is 16.2. The highest BCUT2D eigenvalue weighted by atomic mass is 16.5.